The number of rotatable bonds is 7. The highest BCUT2D eigenvalue weighted by molar-refractivity contribution is 7.17. The number of aryl methyl sites for hydroxylation is 2. The molecule has 0 bridgehead atoms. The smallest absolute Gasteiger partial charge is 0.341 e. The van der Waals surface area contributed by atoms with Crippen LogP contribution in [0.4, 0.5) is 5.00 Å². The van der Waals surface area contributed by atoms with E-state index < -0.39 is 0 Å². The van der Waals surface area contributed by atoms with Gasteiger partial charge < -0.3 is 10.1 Å². The molecule has 1 aliphatic carbocycles. The maximum absolute atomic E-state index is 12.5. The van der Waals surface area contributed by atoms with E-state index >= 15 is 0 Å². The molecule has 0 aliphatic heterocycles. The molecule has 1 N–H and O–H groups in total. The number of nitrogens with zero attached hydrogens (tertiary/aromatic N) is 2. The van der Waals surface area contributed by atoms with Crippen LogP contribution in [0.15, 0.2) is 12.4 Å². The number of nitrogens with one attached hydrogen (secondary N) is 1. The molecular weight excluding hydrogens is 374 g/mol. The van der Waals surface area contributed by atoms with E-state index in [2.05, 4.69) is 10.4 Å². The maximum Gasteiger partial charge on any atom is 0.341 e. The van der Waals surface area contributed by atoms with Crippen molar-refractivity contribution in [2.45, 2.75) is 52.0 Å². The summed E-state index contributed by atoms with van der Waals surface area (Å²) in [6, 6.07) is 0. The van der Waals surface area contributed by atoms with Crippen LogP contribution in [0.5, 0.6) is 0 Å². The third kappa shape index (κ3) is 4.45. The molecule has 0 saturated carbocycles. The minimum absolute atomic E-state index is 0.153. The molecule has 3 rings (SSSR count). The quantitative estimate of drug-likeness (QED) is 0.717. The van der Waals surface area contributed by atoms with Gasteiger partial charge in [0.15, 0.2) is 0 Å². The highest BCUT2D eigenvalue weighted by Crippen LogP contribution is 2.38. The Morgan fingerprint density at radius 3 is 2.92 bits per heavy atom. The van der Waals surface area contributed by atoms with Crippen LogP contribution in [0.3, 0.4) is 0 Å². The van der Waals surface area contributed by atoms with Crippen molar-refractivity contribution in [1.82, 2.24) is 9.78 Å². The molecule has 0 radical (unpaired) electrons. The standard InChI is InChI=1S/C18H22ClN3O3S/c1-2-9-25-18(24)16-13-5-3-4-6-14(13)26-17(16)21-15(23)7-8-22-11-12(19)10-20-22/h10-11H,2-9H2,1H3,(H,21,23). The Balaban J connectivity index is 1.72. The molecule has 2 aromatic rings. The molecule has 0 aromatic carbocycles. The summed E-state index contributed by atoms with van der Waals surface area (Å²) in [7, 11) is 0. The van der Waals surface area contributed by atoms with E-state index in [9.17, 15) is 9.59 Å². The van der Waals surface area contributed by atoms with E-state index in [1.807, 2.05) is 6.92 Å². The fourth-order valence-electron chi connectivity index (χ4n) is 3.00. The molecule has 6 nitrogen and oxygen atoms in total. The molecule has 8 heteroatoms. The van der Waals surface area contributed by atoms with Gasteiger partial charge in [-0.05, 0) is 37.7 Å². The van der Waals surface area contributed by atoms with Crippen molar-refractivity contribution in [3.63, 3.8) is 0 Å². The summed E-state index contributed by atoms with van der Waals surface area (Å²) < 4.78 is 6.97. The van der Waals surface area contributed by atoms with Crippen molar-refractivity contribution in [3.8, 4) is 0 Å². The first-order chi connectivity index (χ1) is 12.6. The summed E-state index contributed by atoms with van der Waals surface area (Å²) in [6.07, 6.45) is 8.23. The monoisotopic (exact) mass is 395 g/mol. The van der Waals surface area contributed by atoms with Gasteiger partial charge >= 0.3 is 5.97 Å². The zero-order valence-corrected chi connectivity index (χ0v) is 16.3. The molecule has 0 spiro atoms. The Bertz CT molecular complexity index is 800. The van der Waals surface area contributed by atoms with Gasteiger partial charge in [0.2, 0.25) is 5.91 Å². The van der Waals surface area contributed by atoms with Crippen LogP contribution in [0.1, 0.15) is 53.4 Å². The number of ether oxygens (including phenoxy) is 1. The molecule has 0 fully saturated rings. The number of fused-ring (bicyclic) bond motifs is 1. The second kappa shape index (κ2) is 8.68. The lowest BCUT2D eigenvalue weighted by Gasteiger charge is -2.12. The van der Waals surface area contributed by atoms with Crippen LogP contribution in [-0.4, -0.2) is 28.3 Å². The Morgan fingerprint density at radius 1 is 1.38 bits per heavy atom. The van der Waals surface area contributed by atoms with Crippen molar-refractivity contribution >= 4 is 39.8 Å². The number of carbonyl (C=O) groups excluding carboxylic acids is 2. The van der Waals surface area contributed by atoms with Crippen molar-refractivity contribution in [2.24, 2.45) is 0 Å². The van der Waals surface area contributed by atoms with E-state index in [-0.39, 0.29) is 18.3 Å². The van der Waals surface area contributed by atoms with Gasteiger partial charge in [0, 0.05) is 24.0 Å². The number of thiophene rings is 1. The number of aromatic nitrogens is 2. The SMILES string of the molecule is CCCOC(=O)c1c(NC(=O)CCn2cc(Cl)cn2)sc2c1CCCC2. The number of halogens is 1. The van der Waals surface area contributed by atoms with Crippen LogP contribution in [0, 0.1) is 0 Å². The Labute approximate surface area is 161 Å². The lowest BCUT2D eigenvalue weighted by molar-refractivity contribution is -0.116. The maximum atomic E-state index is 12.5. The number of hydrogen-bond acceptors (Lipinski definition) is 5. The van der Waals surface area contributed by atoms with E-state index in [4.69, 9.17) is 16.3 Å². The first-order valence-electron chi connectivity index (χ1n) is 8.88. The second-order valence-electron chi connectivity index (χ2n) is 6.27. The Morgan fingerprint density at radius 2 is 2.19 bits per heavy atom. The van der Waals surface area contributed by atoms with E-state index in [1.54, 1.807) is 10.9 Å². The normalized spacial score (nSPS) is 13.3. The summed E-state index contributed by atoms with van der Waals surface area (Å²) in [4.78, 5) is 26.1. The van der Waals surface area contributed by atoms with Gasteiger partial charge in [0.25, 0.3) is 0 Å². The molecule has 0 saturated heterocycles. The lowest BCUT2D eigenvalue weighted by Crippen LogP contribution is -2.17. The zero-order chi connectivity index (χ0) is 18.5. The van der Waals surface area contributed by atoms with Gasteiger partial charge in [0.05, 0.1) is 23.4 Å². The van der Waals surface area contributed by atoms with E-state index in [0.717, 1.165) is 37.7 Å². The first-order valence-corrected chi connectivity index (χ1v) is 10.1. The average Bonchev–Trinajstić information content (AvgIpc) is 3.20. The fraction of sp³-hybridized carbons (Fsp3) is 0.500. The van der Waals surface area contributed by atoms with Crippen LogP contribution in [-0.2, 0) is 28.9 Å². The summed E-state index contributed by atoms with van der Waals surface area (Å²) in [5.74, 6) is -0.486. The molecule has 2 heterocycles. The van der Waals surface area contributed by atoms with Crippen molar-refractivity contribution in [3.05, 3.63) is 33.4 Å². The second-order valence-corrected chi connectivity index (χ2v) is 7.81. The van der Waals surface area contributed by atoms with Gasteiger partial charge in [-0.1, -0.05) is 18.5 Å². The number of esters is 1. The zero-order valence-electron chi connectivity index (χ0n) is 14.7. The van der Waals surface area contributed by atoms with E-state index in [1.165, 1.54) is 22.4 Å². The Hall–Kier alpha value is -1.86. The first kappa shape index (κ1) is 18.9. The molecule has 2 aromatic heterocycles. The predicted octanol–water partition coefficient (Wildman–Crippen LogP) is 4.07. The molecule has 140 valence electrons. The van der Waals surface area contributed by atoms with E-state index in [0.29, 0.717) is 28.7 Å². The van der Waals surface area contributed by atoms with Crippen molar-refractivity contribution in [1.29, 1.82) is 0 Å². The van der Waals surface area contributed by atoms with Gasteiger partial charge in [-0.3, -0.25) is 9.48 Å². The van der Waals surface area contributed by atoms with Gasteiger partial charge in [0.1, 0.15) is 5.00 Å². The van der Waals surface area contributed by atoms with Gasteiger partial charge in [-0.15, -0.1) is 11.3 Å². The van der Waals surface area contributed by atoms with Crippen LogP contribution >= 0.6 is 22.9 Å². The topological polar surface area (TPSA) is 73.2 Å². The number of carbonyl (C=O) groups is 2. The largest absolute Gasteiger partial charge is 0.462 e. The van der Waals surface area contributed by atoms with Crippen molar-refractivity contribution in [2.75, 3.05) is 11.9 Å². The molecule has 0 atom stereocenters. The molecule has 1 amide bonds. The van der Waals surface area contributed by atoms with Crippen LogP contribution < -0.4 is 5.32 Å². The molecule has 26 heavy (non-hydrogen) atoms. The average molecular weight is 396 g/mol. The lowest BCUT2D eigenvalue weighted by atomic mass is 9.95. The minimum atomic E-state index is -0.333. The third-order valence-electron chi connectivity index (χ3n) is 4.24. The Kier molecular flexibility index (Phi) is 6.32. The minimum Gasteiger partial charge on any atom is -0.462 e. The highest BCUT2D eigenvalue weighted by atomic mass is 35.5. The molecule has 0 unspecified atom stereocenters. The molecular formula is C18H22ClN3O3S. The number of amides is 1. The summed E-state index contributed by atoms with van der Waals surface area (Å²) in [5, 5.41) is 8.12. The predicted molar refractivity (Wildman–Crippen MR) is 102 cm³/mol. The highest BCUT2D eigenvalue weighted by Gasteiger charge is 2.27. The summed E-state index contributed by atoms with van der Waals surface area (Å²) >= 11 is 7.33. The number of hydrogen-bond donors (Lipinski definition) is 1. The van der Waals surface area contributed by atoms with Crippen LogP contribution in [0.2, 0.25) is 5.02 Å². The third-order valence-corrected chi connectivity index (χ3v) is 5.64. The fourth-order valence-corrected chi connectivity index (χ4v) is 4.45. The number of anilines is 1. The summed E-state index contributed by atoms with van der Waals surface area (Å²) in [6.45, 7) is 2.77. The molecule has 1 aliphatic rings. The van der Waals surface area contributed by atoms with Gasteiger partial charge in [-0.25, -0.2) is 4.79 Å². The van der Waals surface area contributed by atoms with Crippen LogP contribution in [0.25, 0.3) is 0 Å². The van der Waals surface area contributed by atoms with Gasteiger partial charge in [-0.2, -0.15) is 5.10 Å². The van der Waals surface area contributed by atoms with Crippen molar-refractivity contribution < 1.29 is 14.3 Å². The summed E-state index contributed by atoms with van der Waals surface area (Å²) in [5.41, 5.74) is 1.60.